The number of nitrogens with two attached hydrogens (primary N) is 1. The van der Waals surface area contributed by atoms with Crippen molar-refractivity contribution in [2.24, 2.45) is 5.73 Å². The summed E-state index contributed by atoms with van der Waals surface area (Å²) in [6, 6.07) is 0.336. The number of aromatic nitrogens is 2. The molecule has 0 saturated heterocycles. The SMILES string of the molecule is COc1cnn(C(C)C)c1C(C)CN. The number of methoxy groups -OCH3 is 1. The fourth-order valence-electron chi connectivity index (χ4n) is 1.50. The van der Waals surface area contributed by atoms with Gasteiger partial charge in [0.15, 0.2) is 5.75 Å². The van der Waals surface area contributed by atoms with Gasteiger partial charge in [0, 0.05) is 18.5 Å². The highest BCUT2D eigenvalue weighted by Crippen LogP contribution is 2.27. The lowest BCUT2D eigenvalue weighted by Gasteiger charge is -2.16. The van der Waals surface area contributed by atoms with Gasteiger partial charge in [-0.3, -0.25) is 4.68 Å². The van der Waals surface area contributed by atoms with E-state index in [2.05, 4.69) is 25.9 Å². The van der Waals surface area contributed by atoms with Crippen molar-refractivity contribution in [2.45, 2.75) is 32.7 Å². The van der Waals surface area contributed by atoms with Crippen LogP contribution in [-0.4, -0.2) is 23.4 Å². The van der Waals surface area contributed by atoms with E-state index in [1.54, 1.807) is 13.3 Å². The van der Waals surface area contributed by atoms with Gasteiger partial charge >= 0.3 is 0 Å². The fourth-order valence-corrected chi connectivity index (χ4v) is 1.50. The summed E-state index contributed by atoms with van der Waals surface area (Å²) >= 11 is 0. The molecule has 14 heavy (non-hydrogen) atoms. The molecule has 1 unspecified atom stereocenters. The Morgan fingerprint density at radius 3 is 2.57 bits per heavy atom. The van der Waals surface area contributed by atoms with Crippen LogP contribution >= 0.6 is 0 Å². The van der Waals surface area contributed by atoms with E-state index < -0.39 is 0 Å². The third-order valence-corrected chi connectivity index (χ3v) is 2.33. The van der Waals surface area contributed by atoms with Crippen molar-refractivity contribution >= 4 is 0 Å². The lowest BCUT2D eigenvalue weighted by Crippen LogP contribution is -2.16. The molecular formula is C10H19N3O. The van der Waals surface area contributed by atoms with Crippen LogP contribution in [0.3, 0.4) is 0 Å². The molecule has 1 atom stereocenters. The predicted molar refractivity (Wildman–Crippen MR) is 56.6 cm³/mol. The number of ether oxygens (including phenoxy) is 1. The Morgan fingerprint density at radius 2 is 2.14 bits per heavy atom. The number of nitrogens with zero attached hydrogens (tertiary/aromatic N) is 2. The molecule has 0 amide bonds. The quantitative estimate of drug-likeness (QED) is 0.796. The Kier molecular flexibility index (Phi) is 3.52. The minimum atomic E-state index is 0.273. The zero-order chi connectivity index (χ0) is 10.7. The first-order valence-corrected chi connectivity index (χ1v) is 4.93. The van der Waals surface area contributed by atoms with E-state index in [0.717, 1.165) is 11.4 Å². The molecule has 1 rings (SSSR count). The summed E-state index contributed by atoms with van der Waals surface area (Å²) in [5, 5.41) is 4.29. The van der Waals surface area contributed by atoms with Crippen molar-refractivity contribution in [1.29, 1.82) is 0 Å². The van der Waals surface area contributed by atoms with Crippen LogP contribution in [0, 0.1) is 0 Å². The van der Waals surface area contributed by atoms with Crippen LogP contribution < -0.4 is 10.5 Å². The molecule has 4 nitrogen and oxygen atoms in total. The van der Waals surface area contributed by atoms with Crippen LogP contribution in [0.1, 0.15) is 38.4 Å². The van der Waals surface area contributed by atoms with E-state index in [9.17, 15) is 0 Å². The van der Waals surface area contributed by atoms with Gasteiger partial charge in [0.25, 0.3) is 0 Å². The Hall–Kier alpha value is -1.03. The first kappa shape index (κ1) is 11.0. The second kappa shape index (κ2) is 4.46. The molecule has 0 saturated carbocycles. The maximum absolute atomic E-state index is 5.66. The van der Waals surface area contributed by atoms with E-state index in [1.165, 1.54) is 0 Å². The monoisotopic (exact) mass is 197 g/mol. The number of hydrogen-bond acceptors (Lipinski definition) is 3. The molecule has 0 spiro atoms. The van der Waals surface area contributed by atoms with Crippen molar-refractivity contribution in [3.8, 4) is 5.75 Å². The van der Waals surface area contributed by atoms with Gasteiger partial charge in [0.1, 0.15) is 0 Å². The van der Waals surface area contributed by atoms with Crippen LogP contribution in [0.2, 0.25) is 0 Å². The summed E-state index contributed by atoms with van der Waals surface area (Å²) in [7, 11) is 1.66. The zero-order valence-corrected chi connectivity index (χ0v) is 9.32. The van der Waals surface area contributed by atoms with Gasteiger partial charge in [-0.2, -0.15) is 5.10 Å². The van der Waals surface area contributed by atoms with E-state index in [-0.39, 0.29) is 5.92 Å². The van der Waals surface area contributed by atoms with Crippen LogP contribution in [0.5, 0.6) is 5.75 Å². The maximum atomic E-state index is 5.66. The lowest BCUT2D eigenvalue weighted by atomic mass is 10.1. The summed E-state index contributed by atoms with van der Waals surface area (Å²) < 4.78 is 7.23. The Bertz CT molecular complexity index is 294. The molecule has 4 heteroatoms. The van der Waals surface area contributed by atoms with Gasteiger partial charge < -0.3 is 10.5 Å². The summed E-state index contributed by atoms with van der Waals surface area (Å²) in [6.07, 6.45) is 1.75. The van der Waals surface area contributed by atoms with Gasteiger partial charge in [0.2, 0.25) is 0 Å². The van der Waals surface area contributed by atoms with Gasteiger partial charge in [-0.25, -0.2) is 0 Å². The second-order valence-corrected chi connectivity index (χ2v) is 3.77. The molecule has 0 radical (unpaired) electrons. The summed E-state index contributed by atoms with van der Waals surface area (Å²) in [6.45, 7) is 6.88. The Labute approximate surface area is 85.0 Å². The van der Waals surface area contributed by atoms with Crippen LogP contribution in [0.15, 0.2) is 6.20 Å². The molecule has 1 heterocycles. The van der Waals surface area contributed by atoms with Crippen molar-refractivity contribution < 1.29 is 4.74 Å². The highest BCUT2D eigenvalue weighted by Gasteiger charge is 2.18. The van der Waals surface area contributed by atoms with Crippen molar-refractivity contribution in [2.75, 3.05) is 13.7 Å². The predicted octanol–water partition coefficient (Wildman–Crippen LogP) is 1.53. The molecule has 0 fully saturated rings. The van der Waals surface area contributed by atoms with Crippen molar-refractivity contribution in [1.82, 2.24) is 9.78 Å². The molecule has 80 valence electrons. The van der Waals surface area contributed by atoms with Gasteiger partial charge in [-0.15, -0.1) is 0 Å². The maximum Gasteiger partial charge on any atom is 0.160 e. The molecule has 1 aromatic heterocycles. The third kappa shape index (κ3) is 1.90. The van der Waals surface area contributed by atoms with E-state index in [1.807, 2.05) is 4.68 Å². The zero-order valence-electron chi connectivity index (χ0n) is 9.32. The molecule has 2 N–H and O–H groups in total. The van der Waals surface area contributed by atoms with Crippen LogP contribution in [0.4, 0.5) is 0 Å². The van der Waals surface area contributed by atoms with Crippen molar-refractivity contribution in [3.63, 3.8) is 0 Å². The molecule has 1 aromatic rings. The van der Waals surface area contributed by atoms with Crippen LogP contribution in [-0.2, 0) is 0 Å². The third-order valence-electron chi connectivity index (χ3n) is 2.33. The Balaban J connectivity index is 3.12. The molecular weight excluding hydrogens is 178 g/mol. The fraction of sp³-hybridized carbons (Fsp3) is 0.700. The smallest absolute Gasteiger partial charge is 0.160 e. The minimum Gasteiger partial charge on any atom is -0.493 e. The first-order chi connectivity index (χ1) is 6.61. The summed E-state index contributed by atoms with van der Waals surface area (Å²) in [5.41, 5.74) is 6.75. The summed E-state index contributed by atoms with van der Waals surface area (Å²) in [5.74, 6) is 1.10. The molecule has 0 aliphatic heterocycles. The molecule has 0 bridgehead atoms. The standard InChI is InChI=1S/C10H19N3O/c1-7(2)13-10(8(3)5-11)9(14-4)6-12-13/h6-8H,5,11H2,1-4H3. The average Bonchev–Trinajstić information content (AvgIpc) is 2.59. The number of rotatable bonds is 4. The molecule has 0 aliphatic carbocycles. The lowest BCUT2D eigenvalue weighted by molar-refractivity contribution is 0.399. The average molecular weight is 197 g/mol. The van der Waals surface area contributed by atoms with Crippen molar-refractivity contribution in [3.05, 3.63) is 11.9 Å². The largest absolute Gasteiger partial charge is 0.493 e. The molecule has 0 aliphatic rings. The van der Waals surface area contributed by atoms with E-state index in [4.69, 9.17) is 10.5 Å². The minimum absolute atomic E-state index is 0.273. The van der Waals surface area contributed by atoms with Gasteiger partial charge in [0.05, 0.1) is 19.0 Å². The first-order valence-electron chi connectivity index (χ1n) is 4.93. The van der Waals surface area contributed by atoms with Gasteiger partial charge in [-0.05, 0) is 13.8 Å². The summed E-state index contributed by atoms with van der Waals surface area (Å²) in [4.78, 5) is 0. The van der Waals surface area contributed by atoms with E-state index >= 15 is 0 Å². The molecule has 0 aromatic carbocycles. The highest BCUT2D eigenvalue weighted by molar-refractivity contribution is 5.28. The normalized spacial score (nSPS) is 13.3. The topological polar surface area (TPSA) is 53.1 Å². The second-order valence-electron chi connectivity index (χ2n) is 3.77. The van der Waals surface area contributed by atoms with Gasteiger partial charge in [-0.1, -0.05) is 6.92 Å². The van der Waals surface area contributed by atoms with E-state index in [0.29, 0.717) is 12.6 Å². The highest BCUT2D eigenvalue weighted by atomic mass is 16.5. The number of hydrogen-bond donors (Lipinski definition) is 1. The Morgan fingerprint density at radius 1 is 1.50 bits per heavy atom. The van der Waals surface area contributed by atoms with Crippen LogP contribution in [0.25, 0.3) is 0 Å².